The Hall–Kier alpha value is -6.82. The van der Waals surface area contributed by atoms with Crippen LogP contribution in [0.5, 0.6) is 57.5 Å². The van der Waals surface area contributed by atoms with Gasteiger partial charge in [0, 0.05) is 23.3 Å². The molecule has 2 atom stereocenters. The van der Waals surface area contributed by atoms with Gasteiger partial charge in [-0.25, -0.2) is 0 Å². The highest BCUT2D eigenvalue weighted by atomic mass is 16.5. The topological polar surface area (TPSA) is 214 Å². The molecule has 0 radical (unpaired) electrons. The van der Waals surface area contributed by atoms with E-state index >= 15 is 0 Å². The summed E-state index contributed by atoms with van der Waals surface area (Å²) in [6.45, 7) is 12.2. The fraction of sp³-hybridized carbons (Fsp3) is 0.320. The number of carbonyl (C=O) groups excluding carboxylic acids is 2. The van der Waals surface area contributed by atoms with Gasteiger partial charge in [-0.1, -0.05) is 58.7 Å². The van der Waals surface area contributed by atoms with E-state index in [2.05, 4.69) is 39.8 Å². The first-order chi connectivity index (χ1) is 29.3. The molecule has 62 heavy (non-hydrogen) atoms. The highest BCUT2D eigenvalue weighted by Gasteiger charge is 2.34. The fourth-order valence-corrected chi connectivity index (χ4v) is 7.19. The number of fused-ring (bicyclic) bond motifs is 2. The minimum Gasteiger partial charge on any atom is -0.507 e. The van der Waals surface area contributed by atoms with Crippen LogP contribution in [0.4, 0.5) is 0 Å². The number of hydrogen-bond donors (Lipinski definition) is 8. The van der Waals surface area contributed by atoms with Crippen molar-refractivity contribution in [3.63, 3.8) is 0 Å². The zero-order valence-corrected chi connectivity index (χ0v) is 36.0. The summed E-state index contributed by atoms with van der Waals surface area (Å²) in [5.74, 6) is -2.43. The summed E-state index contributed by atoms with van der Waals surface area (Å²) in [7, 11) is 0. The van der Waals surface area contributed by atoms with Gasteiger partial charge < -0.3 is 50.3 Å². The third-order valence-electron chi connectivity index (χ3n) is 10.8. The minimum atomic E-state index is -0.701. The maximum atomic E-state index is 12.8. The maximum absolute atomic E-state index is 12.8. The fourth-order valence-electron chi connectivity index (χ4n) is 7.19. The molecule has 8 N–H and O–H groups in total. The van der Waals surface area contributed by atoms with Crippen molar-refractivity contribution in [1.82, 2.24) is 0 Å². The van der Waals surface area contributed by atoms with Gasteiger partial charge in [-0.15, -0.1) is 0 Å². The third kappa shape index (κ3) is 11.3. The summed E-state index contributed by atoms with van der Waals surface area (Å²) >= 11 is 0. The first-order valence-corrected chi connectivity index (χ1v) is 20.5. The van der Waals surface area contributed by atoms with Crippen LogP contribution in [-0.2, 0) is 12.8 Å². The normalized spacial score (nSPS) is 15.9. The van der Waals surface area contributed by atoms with Gasteiger partial charge in [-0.3, -0.25) is 9.59 Å². The van der Waals surface area contributed by atoms with E-state index in [0.29, 0.717) is 24.0 Å². The molecule has 2 aliphatic heterocycles. The molecule has 0 spiro atoms. The van der Waals surface area contributed by atoms with Crippen molar-refractivity contribution in [2.75, 3.05) is 0 Å². The average Bonchev–Trinajstić information content (AvgIpc) is 3.19. The predicted octanol–water partition coefficient (Wildman–Crippen LogP) is 10.9. The van der Waals surface area contributed by atoms with E-state index in [1.54, 1.807) is 12.1 Å². The van der Waals surface area contributed by atoms with Crippen LogP contribution < -0.4 is 9.47 Å². The molecule has 6 rings (SSSR count). The maximum Gasteiger partial charge on any atom is 0.174 e. The summed E-state index contributed by atoms with van der Waals surface area (Å²) in [5, 5.41) is 80.8. The molecule has 0 saturated heterocycles. The van der Waals surface area contributed by atoms with Gasteiger partial charge in [-0.05, 0) is 115 Å². The van der Waals surface area contributed by atoms with Gasteiger partial charge in [0.05, 0.1) is 12.8 Å². The SMILES string of the molecule is CC(C)=CCC/C(C)=C/Cc1c(O)cc2c(c1O)C(=O)CC(c1ccc(O)c(O)c1)O2.CC(C)=CCC/C(C)=C/Cc1c(O)cc2c(c1O)C(=O)CC(c1ccc(O)c(O)c1)O2. The summed E-state index contributed by atoms with van der Waals surface area (Å²) in [6.07, 6.45) is 10.9. The standard InChI is InChI=1S/2C25H28O6/c2*1-14(2)5-4-6-15(3)7-9-17-19(27)12-23-24(25(17)30)21(29)13-22(31-23)16-8-10-18(26)20(28)11-16/h2*5,7-8,10-12,22,26-28,30H,4,6,9,13H2,1-3H3/b2*15-7+. The number of Topliss-reactive ketones (excluding diaryl/α,β-unsaturated/α-hetero) is 2. The number of allylic oxidation sites excluding steroid dienone is 8. The van der Waals surface area contributed by atoms with E-state index < -0.39 is 12.2 Å². The van der Waals surface area contributed by atoms with Crippen molar-refractivity contribution in [1.29, 1.82) is 0 Å². The van der Waals surface area contributed by atoms with Gasteiger partial charge in [0.15, 0.2) is 34.6 Å². The lowest BCUT2D eigenvalue weighted by atomic mass is 9.92. The number of phenolic OH excluding ortho intramolecular Hbond substituents is 8. The third-order valence-corrected chi connectivity index (χ3v) is 10.8. The zero-order valence-electron chi connectivity index (χ0n) is 36.0. The van der Waals surface area contributed by atoms with Crippen LogP contribution >= 0.6 is 0 Å². The molecule has 4 aromatic rings. The Morgan fingerprint density at radius 2 is 0.887 bits per heavy atom. The number of aromatic hydroxyl groups is 8. The molecular formula is C50H56O12. The average molecular weight is 849 g/mol. The van der Waals surface area contributed by atoms with Crippen molar-refractivity contribution in [2.45, 2.75) is 105 Å². The molecule has 0 aromatic heterocycles. The number of hydrogen-bond acceptors (Lipinski definition) is 12. The van der Waals surface area contributed by atoms with Crippen molar-refractivity contribution < 1.29 is 59.9 Å². The van der Waals surface area contributed by atoms with Crippen LogP contribution in [0.3, 0.4) is 0 Å². The summed E-state index contributed by atoms with van der Waals surface area (Å²) < 4.78 is 11.7. The van der Waals surface area contributed by atoms with Crippen molar-refractivity contribution in [3.8, 4) is 57.5 Å². The Morgan fingerprint density at radius 1 is 0.516 bits per heavy atom. The van der Waals surface area contributed by atoms with Crippen LogP contribution in [0.25, 0.3) is 0 Å². The second kappa shape index (κ2) is 20.2. The van der Waals surface area contributed by atoms with Gasteiger partial charge in [0.2, 0.25) is 0 Å². The molecule has 0 saturated carbocycles. The van der Waals surface area contributed by atoms with E-state index in [1.165, 1.54) is 47.5 Å². The lowest BCUT2D eigenvalue weighted by Gasteiger charge is -2.27. The van der Waals surface area contributed by atoms with Crippen LogP contribution in [0.2, 0.25) is 0 Å². The van der Waals surface area contributed by atoms with Crippen molar-refractivity contribution in [3.05, 3.63) is 129 Å². The number of rotatable bonds is 12. The molecule has 0 fully saturated rings. The summed E-state index contributed by atoms with van der Waals surface area (Å²) in [5.41, 5.74) is 6.49. The minimum absolute atomic E-state index is 0.0352. The van der Waals surface area contributed by atoms with Crippen molar-refractivity contribution in [2.24, 2.45) is 0 Å². The molecule has 12 nitrogen and oxygen atoms in total. The second-order valence-electron chi connectivity index (χ2n) is 16.3. The van der Waals surface area contributed by atoms with Crippen LogP contribution in [0.15, 0.2) is 95.1 Å². The molecular weight excluding hydrogens is 793 g/mol. The van der Waals surface area contributed by atoms with Gasteiger partial charge in [0.25, 0.3) is 0 Å². The van der Waals surface area contributed by atoms with E-state index in [1.807, 2.05) is 26.0 Å². The second-order valence-corrected chi connectivity index (χ2v) is 16.3. The molecule has 2 heterocycles. The Labute approximate surface area is 361 Å². The molecule has 0 bridgehead atoms. The van der Waals surface area contributed by atoms with E-state index in [0.717, 1.165) is 36.8 Å². The molecule has 328 valence electrons. The monoisotopic (exact) mass is 848 g/mol. The first kappa shape index (κ1) is 46.2. The Balaban J connectivity index is 0.000000234. The van der Waals surface area contributed by atoms with Crippen LogP contribution in [0, 0.1) is 0 Å². The largest absolute Gasteiger partial charge is 0.507 e. The zero-order chi connectivity index (χ0) is 45.4. The summed E-state index contributed by atoms with van der Waals surface area (Å²) in [6, 6.07) is 11.1. The lowest BCUT2D eigenvalue weighted by Crippen LogP contribution is -2.21. The number of phenols is 8. The molecule has 2 aliphatic rings. The Kier molecular flexibility index (Phi) is 15.0. The lowest BCUT2D eigenvalue weighted by molar-refractivity contribution is 0.0833. The smallest absolute Gasteiger partial charge is 0.174 e. The van der Waals surface area contributed by atoms with Crippen molar-refractivity contribution >= 4 is 11.6 Å². The number of carbonyl (C=O) groups is 2. The molecule has 12 heteroatoms. The first-order valence-electron chi connectivity index (χ1n) is 20.5. The predicted molar refractivity (Wildman–Crippen MR) is 236 cm³/mol. The van der Waals surface area contributed by atoms with E-state index in [9.17, 15) is 50.4 Å². The van der Waals surface area contributed by atoms with Gasteiger partial charge >= 0.3 is 0 Å². The van der Waals surface area contributed by atoms with Gasteiger partial charge in [0.1, 0.15) is 57.8 Å². The van der Waals surface area contributed by atoms with E-state index in [-0.39, 0.29) is 104 Å². The van der Waals surface area contributed by atoms with E-state index in [4.69, 9.17) is 9.47 Å². The quantitative estimate of drug-likeness (QED) is 0.0494. The molecule has 0 amide bonds. The highest BCUT2D eigenvalue weighted by molar-refractivity contribution is 6.04. The molecule has 2 unspecified atom stereocenters. The Bertz CT molecular complexity index is 2290. The highest BCUT2D eigenvalue weighted by Crippen LogP contribution is 2.47. The number of ether oxygens (including phenoxy) is 2. The number of benzene rings is 4. The summed E-state index contributed by atoms with van der Waals surface area (Å²) in [4.78, 5) is 25.6. The van der Waals surface area contributed by atoms with Crippen LogP contribution in [-0.4, -0.2) is 52.4 Å². The Morgan fingerprint density at radius 3 is 1.23 bits per heavy atom. The number of ketones is 2. The molecule has 0 aliphatic carbocycles. The van der Waals surface area contributed by atoms with Gasteiger partial charge in [-0.2, -0.15) is 0 Å². The molecule has 4 aromatic carbocycles. The van der Waals surface area contributed by atoms with Crippen LogP contribution in [0.1, 0.15) is 135 Å².